The number of nitrogens with one attached hydrogen (secondary N) is 1. The molecular weight excluding hydrogens is 364 g/mol. The number of benzene rings is 1. The van der Waals surface area contributed by atoms with E-state index in [2.05, 4.69) is 37.4 Å². The van der Waals surface area contributed by atoms with Crippen LogP contribution in [0.5, 0.6) is 0 Å². The first-order valence-electron chi connectivity index (χ1n) is 6.80. The number of hydrogen-bond donors (Lipinski definition) is 1. The summed E-state index contributed by atoms with van der Waals surface area (Å²) in [6.07, 6.45) is 0. The second kappa shape index (κ2) is 5.81. The lowest BCUT2D eigenvalue weighted by atomic mass is 10.2. The molecule has 3 rings (SSSR count). The Balaban J connectivity index is 1.76. The topological polar surface area (TPSA) is 59.8 Å². The summed E-state index contributed by atoms with van der Waals surface area (Å²) in [6.45, 7) is 6.05. The zero-order chi connectivity index (χ0) is 15.9. The van der Waals surface area contributed by atoms with Gasteiger partial charge in [-0.05, 0) is 54.4 Å². The van der Waals surface area contributed by atoms with Crippen LogP contribution in [-0.2, 0) is 11.3 Å². The van der Waals surface area contributed by atoms with Crippen LogP contribution in [0.3, 0.4) is 0 Å². The van der Waals surface area contributed by atoms with Crippen LogP contribution in [0.15, 0.2) is 22.7 Å². The van der Waals surface area contributed by atoms with E-state index in [9.17, 15) is 4.79 Å². The van der Waals surface area contributed by atoms with Gasteiger partial charge in [0.1, 0.15) is 6.54 Å². The van der Waals surface area contributed by atoms with Gasteiger partial charge in [-0.25, -0.2) is 4.98 Å². The van der Waals surface area contributed by atoms with Crippen LogP contribution in [0.2, 0.25) is 0 Å². The minimum Gasteiger partial charge on any atom is -0.300 e. The third-order valence-corrected chi connectivity index (χ3v) is 5.46. The third kappa shape index (κ3) is 2.91. The lowest BCUT2D eigenvalue weighted by Crippen LogP contribution is -2.20. The maximum atomic E-state index is 12.2. The molecule has 0 aliphatic carbocycles. The Hall–Kier alpha value is -1.73. The molecule has 3 aromatic rings. The Labute approximate surface area is 140 Å². The molecule has 0 aliphatic heterocycles. The van der Waals surface area contributed by atoms with Gasteiger partial charge in [-0.1, -0.05) is 17.4 Å². The standard InChI is InChI=1S/C15H15BrN4OS/c1-8-4-5-11-12(6-8)22-15(17-11)18-13(21)7-20-10(3)14(16)9(2)19-20/h4-6H,7H2,1-3H3,(H,17,18,21). The molecule has 2 heterocycles. The average Bonchev–Trinajstić information content (AvgIpc) is 2.95. The van der Waals surface area contributed by atoms with Crippen LogP contribution in [-0.4, -0.2) is 20.7 Å². The number of hydrogen-bond acceptors (Lipinski definition) is 4. The van der Waals surface area contributed by atoms with Gasteiger partial charge in [0.05, 0.1) is 26.1 Å². The number of thiazole rings is 1. The van der Waals surface area contributed by atoms with Gasteiger partial charge in [0, 0.05) is 0 Å². The zero-order valence-electron chi connectivity index (χ0n) is 12.5. The first-order chi connectivity index (χ1) is 10.4. The van der Waals surface area contributed by atoms with Crippen LogP contribution >= 0.6 is 27.3 Å². The van der Waals surface area contributed by atoms with Gasteiger partial charge < -0.3 is 5.32 Å². The number of amides is 1. The lowest BCUT2D eigenvalue weighted by Gasteiger charge is -2.04. The van der Waals surface area contributed by atoms with E-state index in [0.717, 1.165) is 26.1 Å². The van der Waals surface area contributed by atoms with Crippen molar-refractivity contribution in [2.24, 2.45) is 0 Å². The van der Waals surface area contributed by atoms with Crippen LogP contribution in [0, 0.1) is 20.8 Å². The molecule has 0 aliphatic rings. The van der Waals surface area contributed by atoms with Crippen molar-refractivity contribution in [3.63, 3.8) is 0 Å². The van der Waals surface area contributed by atoms with Gasteiger partial charge in [0.25, 0.3) is 0 Å². The van der Waals surface area contributed by atoms with Crippen LogP contribution in [0.1, 0.15) is 17.0 Å². The van der Waals surface area contributed by atoms with Gasteiger partial charge in [-0.2, -0.15) is 5.10 Å². The molecule has 0 atom stereocenters. The predicted molar refractivity (Wildman–Crippen MR) is 92.4 cm³/mol. The van der Waals surface area contributed by atoms with E-state index in [1.807, 2.05) is 32.9 Å². The lowest BCUT2D eigenvalue weighted by molar-refractivity contribution is -0.116. The fourth-order valence-corrected chi connectivity index (χ4v) is 3.47. The fourth-order valence-electron chi connectivity index (χ4n) is 2.21. The number of carbonyl (C=O) groups is 1. The number of rotatable bonds is 3. The summed E-state index contributed by atoms with van der Waals surface area (Å²) in [6, 6.07) is 6.05. The molecule has 114 valence electrons. The predicted octanol–water partition coefficient (Wildman–Crippen LogP) is 3.82. The highest BCUT2D eigenvalue weighted by atomic mass is 79.9. The molecular formula is C15H15BrN4OS. The van der Waals surface area contributed by atoms with E-state index in [1.165, 1.54) is 16.9 Å². The van der Waals surface area contributed by atoms with Crippen LogP contribution < -0.4 is 5.32 Å². The molecule has 2 aromatic heterocycles. The van der Waals surface area contributed by atoms with Gasteiger partial charge in [-0.15, -0.1) is 0 Å². The van der Waals surface area contributed by atoms with Crippen molar-refractivity contribution in [1.82, 2.24) is 14.8 Å². The minimum atomic E-state index is -0.131. The largest absolute Gasteiger partial charge is 0.300 e. The van der Waals surface area contributed by atoms with Crippen molar-refractivity contribution in [3.05, 3.63) is 39.6 Å². The number of aryl methyl sites for hydroxylation is 2. The van der Waals surface area contributed by atoms with Crippen molar-refractivity contribution < 1.29 is 4.79 Å². The Morgan fingerprint density at radius 2 is 2.14 bits per heavy atom. The molecule has 0 bridgehead atoms. The Bertz CT molecular complexity index is 868. The normalized spacial score (nSPS) is 11.1. The second-order valence-corrected chi connectivity index (χ2v) is 7.00. The van der Waals surface area contributed by atoms with Crippen molar-refractivity contribution in [3.8, 4) is 0 Å². The molecule has 0 radical (unpaired) electrons. The highest BCUT2D eigenvalue weighted by molar-refractivity contribution is 9.10. The molecule has 7 heteroatoms. The minimum absolute atomic E-state index is 0.131. The van der Waals surface area contributed by atoms with E-state index in [4.69, 9.17) is 0 Å². The van der Waals surface area contributed by atoms with Crippen molar-refractivity contribution in [1.29, 1.82) is 0 Å². The van der Waals surface area contributed by atoms with Gasteiger partial charge in [0.15, 0.2) is 5.13 Å². The van der Waals surface area contributed by atoms with E-state index in [-0.39, 0.29) is 12.5 Å². The van der Waals surface area contributed by atoms with E-state index >= 15 is 0 Å². The van der Waals surface area contributed by atoms with Crippen molar-refractivity contribution in [2.75, 3.05) is 5.32 Å². The van der Waals surface area contributed by atoms with E-state index < -0.39 is 0 Å². The monoisotopic (exact) mass is 378 g/mol. The highest BCUT2D eigenvalue weighted by Crippen LogP contribution is 2.26. The maximum Gasteiger partial charge on any atom is 0.247 e. The Kier molecular flexibility index (Phi) is 4.01. The summed E-state index contributed by atoms with van der Waals surface area (Å²) in [7, 11) is 0. The van der Waals surface area contributed by atoms with Gasteiger partial charge in [0.2, 0.25) is 5.91 Å². The SMILES string of the molecule is Cc1ccc2nc(NC(=O)Cn3nc(C)c(Br)c3C)sc2c1. The molecule has 22 heavy (non-hydrogen) atoms. The summed E-state index contributed by atoms with van der Waals surface area (Å²) in [5, 5.41) is 7.80. The molecule has 0 saturated carbocycles. The van der Waals surface area contributed by atoms with Crippen LogP contribution in [0.25, 0.3) is 10.2 Å². The molecule has 0 unspecified atom stereocenters. The van der Waals surface area contributed by atoms with Crippen LogP contribution in [0.4, 0.5) is 5.13 Å². The van der Waals surface area contributed by atoms with Gasteiger partial charge >= 0.3 is 0 Å². The highest BCUT2D eigenvalue weighted by Gasteiger charge is 2.13. The number of fused-ring (bicyclic) bond motifs is 1. The molecule has 0 fully saturated rings. The maximum absolute atomic E-state index is 12.2. The summed E-state index contributed by atoms with van der Waals surface area (Å²) in [5.41, 5.74) is 3.90. The molecule has 5 nitrogen and oxygen atoms in total. The summed E-state index contributed by atoms with van der Waals surface area (Å²) in [4.78, 5) is 16.6. The number of anilines is 1. The number of aromatic nitrogens is 3. The van der Waals surface area contributed by atoms with E-state index in [1.54, 1.807) is 4.68 Å². The average molecular weight is 379 g/mol. The Morgan fingerprint density at radius 3 is 2.82 bits per heavy atom. The Morgan fingerprint density at radius 1 is 1.36 bits per heavy atom. The summed E-state index contributed by atoms with van der Waals surface area (Å²) in [5.74, 6) is -0.131. The van der Waals surface area contributed by atoms with Gasteiger partial charge in [-0.3, -0.25) is 9.48 Å². The van der Waals surface area contributed by atoms with Crippen molar-refractivity contribution in [2.45, 2.75) is 27.3 Å². The third-order valence-electron chi connectivity index (χ3n) is 3.38. The summed E-state index contributed by atoms with van der Waals surface area (Å²) >= 11 is 4.94. The molecule has 1 N–H and O–H groups in total. The number of nitrogens with zero attached hydrogens (tertiary/aromatic N) is 3. The second-order valence-electron chi connectivity index (χ2n) is 5.18. The number of carbonyl (C=O) groups excluding carboxylic acids is 1. The molecule has 1 aromatic carbocycles. The number of halogens is 1. The fraction of sp³-hybridized carbons (Fsp3) is 0.267. The smallest absolute Gasteiger partial charge is 0.247 e. The molecule has 0 spiro atoms. The first-order valence-corrected chi connectivity index (χ1v) is 8.41. The van der Waals surface area contributed by atoms with Crippen molar-refractivity contribution >= 4 is 48.5 Å². The quantitative estimate of drug-likeness (QED) is 0.753. The zero-order valence-corrected chi connectivity index (χ0v) is 14.9. The molecule has 0 saturated heterocycles. The molecule has 1 amide bonds. The first kappa shape index (κ1) is 15.2. The van der Waals surface area contributed by atoms with E-state index in [0.29, 0.717) is 5.13 Å². The summed E-state index contributed by atoms with van der Waals surface area (Å²) < 4.78 is 3.70.